The first-order chi connectivity index (χ1) is 17.0. The molecule has 11 nitrogen and oxygen atoms in total. The van der Waals surface area contributed by atoms with Crippen LogP contribution in [0.4, 0.5) is 4.39 Å². The van der Waals surface area contributed by atoms with Crippen LogP contribution in [-0.2, 0) is 32.0 Å². The van der Waals surface area contributed by atoms with Gasteiger partial charge < -0.3 is 35.4 Å². The second-order valence-corrected chi connectivity index (χ2v) is 7.98. The Balaban J connectivity index is 0.000000337. The monoisotopic (exact) mass is 510 g/mol. The van der Waals surface area contributed by atoms with Gasteiger partial charge in [0.25, 0.3) is 0 Å². The van der Waals surface area contributed by atoms with Gasteiger partial charge in [0.2, 0.25) is 0 Å². The first-order valence-electron chi connectivity index (χ1n) is 11.0. The number of benzene rings is 1. The Kier molecular flexibility index (Phi) is 12.8. The Morgan fingerprint density at radius 3 is 1.94 bits per heavy atom. The Labute approximate surface area is 207 Å². The molecule has 1 aromatic rings. The van der Waals surface area contributed by atoms with Gasteiger partial charge in [-0.25, -0.2) is 23.6 Å². The highest BCUT2D eigenvalue weighted by Crippen LogP contribution is 2.36. The molecule has 1 aliphatic carbocycles. The predicted molar refractivity (Wildman–Crippen MR) is 127 cm³/mol. The lowest BCUT2D eigenvalue weighted by Gasteiger charge is -2.40. The van der Waals surface area contributed by atoms with Gasteiger partial charge in [-0.05, 0) is 49.9 Å². The molecule has 2 atom stereocenters. The lowest BCUT2D eigenvalue weighted by atomic mass is 9.78. The summed E-state index contributed by atoms with van der Waals surface area (Å²) >= 11 is 0. The van der Waals surface area contributed by atoms with Crippen molar-refractivity contribution in [3.05, 3.63) is 53.4 Å². The number of ether oxygens (including phenoxy) is 1. The summed E-state index contributed by atoms with van der Waals surface area (Å²) < 4.78 is 19.4. The normalized spacial score (nSPS) is 19.3. The Morgan fingerprint density at radius 2 is 1.50 bits per heavy atom. The van der Waals surface area contributed by atoms with Crippen molar-refractivity contribution in [3.63, 3.8) is 0 Å². The molecule has 0 spiro atoms. The van der Waals surface area contributed by atoms with Crippen molar-refractivity contribution in [2.24, 2.45) is 5.92 Å². The molecule has 0 saturated carbocycles. The lowest BCUT2D eigenvalue weighted by molar-refractivity contribution is -0.134. The molecule has 5 N–H and O–H groups in total. The molecule has 0 bridgehead atoms. The van der Waals surface area contributed by atoms with Gasteiger partial charge in [-0.15, -0.1) is 0 Å². The third-order valence-electron chi connectivity index (χ3n) is 5.62. The minimum atomic E-state index is -1.26. The van der Waals surface area contributed by atoms with Crippen LogP contribution < -0.4 is 10.1 Å². The fourth-order valence-electron chi connectivity index (χ4n) is 3.99. The Morgan fingerprint density at radius 1 is 0.972 bits per heavy atom. The van der Waals surface area contributed by atoms with E-state index in [1.807, 2.05) is 0 Å². The fraction of sp³-hybridized carbons (Fsp3) is 0.417. The number of carboxylic acids is 4. The molecule has 2 aliphatic rings. The van der Waals surface area contributed by atoms with Crippen molar-refractivity contribution in [3.8, 4) is 5.75 Å². The molecule has 1 saturated heterocycles. The van der Waals surface area contributed by atoms with E-state index in [0.717, 1.165) is 55.8 Å². The number of nitrogens with zero attached hydrogens (tertiary/aromatic N) is 1. The van der Waals surface area contributed by atoms with Gasteiger partial charge in [-0.1, -0.05) is 0 Å². The number of hydrogen-bond acceptors (Lipinski definition) is 7. The molecule has 2 unspecified atom stereocenters. The van der Waals surface area contributed by atoms with Crippen LogP contribution in [-0.4, -0.2) is 89.0 Å². The standard InChI is InChI=1S/C16H23FN2O.2C4H4O4/c1-19-8-7-18-10-15(19)11-3-4-12-13(9-11)16(20-2)6-5-14(12)17;2*5-3(6)1-2-4(7)8/h5-6,11,15,18H,3-4,7-10H2,1-2H3;2*1-2H,(H,5,6)(H,7,8)/b;2*2-1-. The largest absolute Gasteiger partial charge is 0.496 e. The number of halogens is 1. The second kappa shape index (κ2) is 15.3. The van der Waals surface area contributed by atoms with Gasteiger partial charge in [0.1, 0.15) is 11.6 Å². The number of hydrogen-bond donors (Lipinski definition) is 5. The number of methoxy groups -OCH3 is 1. The summed E-state index contributed by atoms with van der Waals surface area (Å²) in [5.74, 6) is -3.68. The summed E-state index contributed by atoms with van der Waals surface area (Å²) in [6.07, 6.45) is 5.05. The van der Waals surface area contributed by atoms with Gasteiger partial charge >= 0.3 is 23.9 Å². The molecule has 198 valence electrons. The zero-order chi connectivity index (χ0) is 27.3. The SMILES string of the molecule is COc1ccc(F)c2c1CC(C1CNCCN1C)CC2.O=C(O)/C=C\C(=O)O.O=C(O)/C=C\C(=O)O. The van der Waals surface area contributed by atoms with Crippen molar-refractivity contribution >= 4 is 23.9 Å². The first kappa shape index (κ1) is 30.3. The molecule has 1 aliphatic heterocycles. The number of aliphatic carboxylic acids is 4. The van der Waals surface area contributed by atoms with E-state index >= 15 is 0 Å². The molecule has 0 radical (unpaired) electrons. The van der Waals surface area contributed by atoms with Crippen molar-refractivity contribution in [1.29, 1.82) is 0 Å². The highest BCUT2D eigenvalue weighted by Gasteiger charge is 2.32. The maximum atomic E-state index is 14.0. The van der Waals surface area contributed by atoms with Crippen LogP contribution in [0.3, 0.4) is 0 Å². The smallest absolute Gasteiger partial charge is 0.328 e. The molecule has 1 fully saturated rings. The summed E-state index contributed by atoms with van der Waals surface area (Å²) in [5, 5.41) is 34.7. The maximum Gasteiger partial charge on any atom is 0.328 e. The summed E-state index contributed by atoms with van der Waals surface area (Å²) in [7, 11) is 3.87. The quantitative estimate of drug-likeness (QED) is 0.349. The molecule has 0 aromatic heterocycles. The average molecular weight is 511 g/mol. The van der Waals surface area contributed by atoms with Crippen molar-refractivity contribution in [1.82, 2.24) is 10.2 Å². The number of nitrogens with one attached hydrogen (secondary N) is 1. The third-order valence-corrected chi connectivity index (χ3v) is 5.62. The summed E-state index contributed by atoms with van der Waals surface area (Å²) in [6, 6.07) is 3.84. The third kappa shape index (κ3) is 10.7. The van der Waals surface area contributed by atoms with Crippen LogP contribution in [0.5, 0.6) is 5.75 Å². The molecule has 0 amide bonds. The van der Waals surface area contributed by atoms with E-state index in [1.54, 1.807) is 13.2 Å². The van der Waals surface area contributed by atoms with E-state index in [1.165, 1.54) is 6.07 Å². The van der Waals surface area contributed by atoms with Gasteiger partial charge in [-0.2, -0.15) is 0 Å². The number of carboxylic acid groups (broad SMARTS) is 4. The number of carbonyl (C=O) groups is 4. The summed E-state index contributed by atoms with van der Waals surface area (Å²) in [6.45, 7) is 3.19. The molecule has 1 aromatic carbocycles. The molecular weight excluding hydrogens is 479 g/mol. The van der Waals surface area contributed by atoms with Crippen LogP contribution in [0, 0.1) is 11.7 Å². The van der Waals surface area contributed by atoms with Crippen LogP contribution >= 0.6 is 0 Å². The zero-order valence-corrected chi connectivity index (χ0v) is 20.0. The molecule has 36 heavy (non-hydrogen) atoms. The van der Waals surface area contributed by atoms with E-state index in [2.05, 4.69) is 17.3 Å². The topological polar surface area (TPSA) is 174 Å². The van der Waals surface area contributed by atoms with Gasteiger partial charge in [0.15, 0.2) is 0 Å². The zero-order valence-electron chi connectivity index (χ0n) is 20.0. The number of rotatable bonds is 6. The average Bonchev–Trinajstić information content (AvgIpc) is 2.83. The number of likely N-dealkylation sites (N-methyl/N-ethyl adjacent to an activating group) is 1. The van der Waals surface area contributed by atoms with E-state index in [4.69, 9.17) is 25.2 Å². The van der Waals surface area contributed by atoms with E-state index in [-0.39, 0.29) is 5.82 Å². The molecule has 1 heterocycles. The minimum absolute atomic E-state index is 0.0747. The van der Waals surface area contributed by atoms with Crippen molar-refractivity contribution in [2.75, 3.05) is 33.8 Å². The Bertz CT molecular complexity index is 928. The van der Waals surface area contributed by atoms with Crippen LogP contribution in [0.15, 0.2) is 36.4 Å². The number of fused-ring (bicyclic) bond motifs is 1. The van der Waals surface area contributed by atoms with Crippen molar-refractivity contribution in [2.45, 2.75) is 25.3 Å². The highest BCUT2D eigenvalue weighted by molar-refractivity contribution is 5.90. The second-order valence-electron chi connectivity index (χ2n) is 7.98. The van der Waals surface area contributed by atoms with E-state index in [9.17, 15) is 23.6 Å². The minimum Gasteiger partial charge on any atom is -0.496 e. The molecule has 12 heteroatoms. The summed E-state index contributed by atoms with van der Waals surface area (Å²) in [5.41, 5.74) is 1.95. The highest BCUT2D eigenvalue weighted by atomic mass is 19.1. The van der Waals surface area contributed by atoms with Crippen LogP contribution in [0.25, 0.3) is 0 Å². The van der Waals surface area contributed by atoms with Crippen molar-refractivity contribution < 1.29 is 48.7 Å². The Hall–Kier alpha value is -3.77. The predicted octanol–water partition coefficient (Wildman–Crippen LogP) is 1.27. The van der Waals surface area contributed by atoms with E-state index in [0.29, 0.717) is 36.3 Å². The van der Waals surface area contributed by atoms with Gasteiger partial charge in [0.05, 0.1) is 7.11 Å². The first-order valence-corrected chi connectivity index (χ1v) is 11.0. The molecule has 3 rings (SSSR count). The summed E-state index contributed by atoms with van der Waals surface area (Å²) in [4.78, 5) is 40.7. The molecular formula is C24H31FN2O9. The maximum absolute atomic E-state index is 14.0. The lowest BCUT2D eigenvalue weighted by Crippen LogP contribution is -2.53. The van der Waals surface area contributed by atoms with Gasteiger partial charge in [-0.3, -0.25) is 0 Å². The number of piperazine rings is 1. The fourth-order valence-corrected chi connectivity index (χ4v) is 3.99. The van der Waals surface area contributed by atoms with Gasteiger partial charge in [0, 0.05) is 55.5 Å². The van der Waals surface area contributed by atoms with Crippen LogP contribution in [0.1, 0.15) is 17.5 Å². The van der Waals surface area contributed by atoms with E-state index < -0.39 is 23.9 Å². The van der Waals surface area contributed by atoms with Crippen LogP contribution in [0.2, 0.25) is 0 Å².